The number of aldehydes is 1. The highest BCUT2D eigenvalue weighted by Gasteiger charge is 2.43. The van der Waals surface area contributed by atoms with Gasteiger partial charge in [-0.25, -0.2) is 4.79 Å². The Balaban J connectivity index is 4.49. The largest absolute Gasteiger partial charge is 0.460 e. The van der Waals surface area contributed by atoms with Gasteiger partial charge in [0.15, 0.2) is 6.29 Å². The molecule has 9 nitrogen and oxygen atoms in total. The zero-order valence-electron chi connectivity index (χ0n) is 11.5. The highest BCUT2D eigenvalue weighted by atomic mass is 16.7. The van der Waals surface area contributed by atoms with Gasteiger partial charge in [0.05, 0.1) is 13.2 Å². The topological polar surface area (TPSA) is 154 Å². The van der Waals surface area contributed by atoms with Crippen LogP contribution in [0.15, 0.2) is 12.2 Å². The van der Waals surface area contributed by atoms with E-state index in [1.54, 1.807) is 0 Å². The zero-order chi connectivity index (χ0) is 16.6. The van der Waals surface area contributed by atoms with Crippen molar-refractivity contribution in [1.29, 1.82) is 0 Å². The number of aliphatic hydroxyl groups excluding tert-OH is 4. The number of ether oxygens (including phenoxy) is 2. The number of esters is 1. The van der Waals surface area contributed by atoms with E-state index in [-0.39, 0.29) is 18.5 Å². The Kier molecular flexibility index (Phi) is 8.25. The quantitative estimate of drug-likeness (QED) is 0.0938. The fourth-order valence-corrected chi connectivity index (χ4v) is 1.21. The van der Waals surface area contributed by atoms with Crippen LogP contribution in [0.5, 0.6) is 0 Å². The number of hydrogen-bond acceptors (Lipinski definition) is 9. The molecule has 0 aromatic rings. The van der Waals surface area contributed by atoms with Crippen molar-refractivity contribution in [1.82, 2.24) is 0 Å². The maximum absolute atomic E-state index is 11.0. The summed E-state index contributed by atoms with van der Waals surface area (Å²) in [6, 6.07) is 0. The number of carbonyl (C=O) groups excluding carboxylic acids is 2. The minimum atomic E-state index is -2.83. The SMILES string of the molecule is C=C(C)C(=O)OCCO[C@@](O)(C=O)[C@@H](O)[C@H](O)[C@H](O)CO. The van der Waals surface area contributed by atoms with E-state index < -0.39 is 43.3 Å². The van der Waals surface area contributed by atoms with E-state index in [1.807, 2.05) is 0 Å². The van der Waals surface area contributed by atoms with Crippen LogP contribution in [0, 0.1) is 0 Å². The van der Waals surface area contributed by atoms with Crippen LogP contribution in [0.25, 0.3) is 0 Å². The molecule has 0 fully saturated rings. The van der Waals surface area contributed by atoms with Crippen molar-refractivity contribution in [2.45, 2.75) is 31.0 Å². The van der Waals surface area contributed by atoms with Gasteiger partial charge in [0.1, 0.15) is 24.9 Å². The molecular weight excluding hydrogens is 288 g/mol. The zero-order valence-corrected chi connectivity index (χ0v) is 11.5. The van der Waals surface area contributed by atoms with Crippen molar-refractivity contribution in [3.63, 3.8) is 0 Å². The van der Waals surface area contributed by atoms with Gasteiger partial charge in [-0.1, -0.05) is 6.58 Å². The van der Waals surface area contributed by atoms with Crippen LogP contribution in [0.4, 0.5) is 0 Å². The second-order valence-corrected chi connectivity index (χ2v) is 4.32. The van der Waals surface area contributed by atoms with Crippen LogP contribution in [0.3, 0.4) is 0 Å². The van der Waals surface area contributed by atoms with E-state index in [9.17, 15) is 24.9 Å². The summed E-state index contributed by atoms with van der Waals surface area (Å²) in [7, 11) is 0. The number of carbonyl (C=O) groups is 2. The minimum Gasteiger partial charge on any atom is -0.460 e. The van der Waals surface area contributed by atoms with E-state index >= 15 is 0 Å². The van der Waals surface area contributed by atoms with Gasteiger partial charge < -0.3 is 35.0 Å². The van der Waals surface area contributed by atoms with Gasteiger partial charge in [-0.15, -0.1) is 0 Å². The average molecular weight is 308 g/mol. The maximum atomic E-state index is 11.0. The predicted octanol–water partition coefficient (Wildman–Crippen LogP) is -2.92. The molecule has 21 heavy (non-hydrogen) atoms. The van der Waals surface area contributed by atoms with Crippen LogP contribution in [-0.2, 0) is 19.1 Å². The summed E-state index contributed by atoms with van der Waals surface area (Å²) in [5, 5.41) is 46.5. The van der Waals surface area contributed by atoms with Crippen molar-refractivity contribution >= 4 is 12.3 Å². The first-order chi connectivity index (χ1) is 9.69. The van der Waals surface area contributed by atoms with Gasteiger partial charge in [0.2, 0.25) is 0 Å². The molecule has 0 heterocycles. The predicted molar refractivity (Wildman–Crippen MR) is 67.8 cm³/mol. The Morgan fingerprint density at radius 3 is 2.33 bits per heavy atom. The van der Waals surface area contributed by atoms with Crippen LogP contribution in [0.1, 0.15) is 6.92 Å². The Morgan fingerprint density at radius 1 is 1.33 bits per heavy atom. The molecule has 0 rings (SSSR count). The molecule has 0 amide bonds. The Hall–Kier alpha value is -1.36. The van der Waals surface area contributed by atoms with Crippen LogP contribution < -0.4 is 0 Å². The van der Waals surface area contributed by atoms with Gasteiger partial charge >= 0.3 is 5.97 Å². The highest BCUT2D eigenvalue weighted by molar-refractivity contribution is 5.86. The van der Waals surface area contributed by atoms with Gasteiger partial charge in [-0.05, 0) is 6.92 Å². The molecule has 0 aromatic carbocycles. The molecule has 0 saturated carbocycles. The van der Waals surface area contributed by atoms with Crippen molar-refractivity contribution in [3.8, 4) is 0 Å². The fraction of sp³-hybridized carbons (Fsp3) is 0.667. The summed E-state index contributed by atoms with van der Waals surface area (Å²) in [4.78, 5) is 21.9. The number of hydrogen-bond donors (Lipinski definition) is 5. The lowest BCUT2D eigenvalue weighted by Crippen LogP contribution is -2.56. The monoisotopic (exact) mass is 308 g/mol. The Morgan fingerprint density at radius 2 is 1.90 bits per heavy atom. The average Bonchev–Trinajstić information content (AvgIpc) is 2.48. The second-order valence-electron chi connectivity index (χ2n) is 4.32. The van der Waals surface area contributed by atoms with Crippen LogP contribution in [-0.4, -0.2) is 81.7 Å². The third-order valence-corrected chi connectivity index (χ3v) is 2.50. The molecule has 0 bridgehead atoms. The molecule has 0 spiro atoms. The van der Waals surface area contributed by atoms with Gasteiger partial charge in [0, 0.05) is 5.57 Å². The molecule has 122 valence electrons. The van der Waals surface area contributed by atoms with Crippen molar-refractivity contribution in [3.05, 3.63) is 12.2 Å². The third kappa shape index (κ3) is 5.87. The Bertz CT molecular complexity index is 370. The smallest absolute Gasteiger partial charge is 0.333 e. The molecule has 4 atom stereocenters. The fourth-order valence-electron chi connectivity index (χ4n) is 1.21. The maximum Gasteiger partial charge on any atom is 0.333 e. The molecular formula is C12H20O9. The first-order valence-corrected chi connectivity index (χ1v) is 6.00. The molecule has 0 aromatic heterocycles. The molecule has 0 saturated heterocycles. The van der Waals surface area contributed by atoms with Gasteiger partial charge in [0.25, 0.3) is 5.79 Å². The molecule has 9 heteroatoms. The van der Waals surface area contributed by atoms with E-state index in [4.69, 9.17) is 10.2 Å². The summed E-state index contributed by atoms with van der Waals surface area (Å²) in [6.07, 6.45) is -6.21. The summed E-state index contributed by atoms with van der Waals surface area (Å²) >= 11 is 0. The standard InChI is InChI=1S/C12H20O9/c1-7(2)11(18)20-3-4-21-12(19,6-14)10(17)9(16)8(15)5-13/h6,8-10,13,15-17,19H,1,3-5H2,2H3/t8-,9-,10+,12+/m1/s1. The van der Waals surface area contributed by atoms with Crippen LogP contribution >= 0.6 is 0 Å². The van der Waals surface area contributed by atoms with Crippen molar-refractivity contribution in [2.24, 2.45) is 0 Å². The van der Waals surface area contributed by atoms with Crippen molar-refractivity contribution in [2.75, 3.05) is 19.8 Å². The molecule has 0 radical (unpaired) electrons. The molecule has 0 unspecified atom stereocenters. The summed E-state index contributed by atoms with van der Waals surface area (Å²) in [5.74, 6) is -3.53. The van der Waals surface area contributed by atoms with E-state index in [2.05, 4.69) is 16.1 Å². The molecule has 0 aliphatic heterocycles. The first-order valence-electron chi connectivity index (χ1n) is 6.00. The molecule has 0 aliphatic rings. The summed E-state index contributed by atoms with van der Waals surface area (Å²) in [6.45, 7) is 3.05. The van der Waals surface area contributed by atoms with Crippen molar-refractivity contribution < 1.29 is 44.6 Å². The highest BCUT2D eigenvalue weighted by Crippen LogP contribution is 2.16. The number of rotatable bonds is 10. The normalized spacial score (nSPS) is 18.2. The summed E-state index contributed by atoms with van der Waals surface area (Å²) in [5.41, 5.74) is 0.141. The minimum absolute atomic E-state index is 0.141. The number of aliphatic hydroxyl groups is 5. The first kappa shape index (κ1) is 19.6. The third-order valence-electron chi connectivity index (χ3n) is 2.50. The van der Waals surface area contributed by atoms with Crippen LogP contribution in [0.2, 0.25) is 0 Å². The molecule has 5 N–H and O–H groups in total. The second kappa shape index (κ2) is 8.82. The van der Waals surface area contributed by atoms with E-state index in [0.29, 0.717) is 0 Å². The van der Waals surface area contributed by atoms with E-state index in [1.165, 1.54) is 6.92 Å². The van der Waals surface area contributed by atoms with E-state index in [0.717, 1.165) is 0 Å². The molecule has 0 aliphatic carbocycles. The Labute approximate surface area is 121 Å². The summed E-state index contributed by atoms with van der Waals surface area (Å²) < 4.78 is 9.29. The van der Waals surface area contributed by atoms with Gasteiger partial charge in [-0.2, -0.15) is 0 Å². The lowest BCUT2D eigenvalue weighted by Gasteiger charge is -2.32. The van der Waals surface area contributed by atoms with Gasteiger partial charge in [-0.3, -0.25) is 4.79 Å². The lowest BCUT2D eigenvalue weighted by atomic mass is 10.0. The lowest BCUT2D eigenvalue weighted by molar-refractivity contribution is -0.262.